The molecule has 87 valence electrons. The molecule has 0 unspecified atom stereocenters. The van der Waals surface area contributed by atoms with Gasteiger partial charge in [0.15, 0.2) is 5.13 Å². The summed E-state index contributed by atoms with van der Waals surface area (Å²) in [5, 5.41) is 6.05. The quantitative estimate of drug-likeness (QED) is 0.771. The van der Waals surface area contributed by atoms with Crippen LogP contribution in [0.15, 0.2) is 54.0 Å². The van der Waals surface area contributed by atoms with Crippen molar-refractivity contribution in [1.82, 2.24) is 9.97 Å². The van der Waals surface area contributed by atoms with Crippen LogP contribution in [0.1, 0.15) is 0 Å². The Hall–Kier alpha value is -2.20. The van der Waals surface area contributed by atoms with Crippen LogP contribution >= 0.6 is 11.3 Å². The third-order valence-corrected chi connectivity index (χ3v) is 3.18. The molecule has 0 amide bonds. The zero-order chi connectivity index (χ0) is 12.2. The van der Waals surface area contributed by atoms with Gasteiger partial charge in [-0.25, -0.2) is 9.97 Å². The van der Waals surface area contributed by atoms with Gasteiger partial charge in [0.2, 0.25) is 0 Å². The van der Waals surface area contributed by atoms with Crippen LogP contribution in [0.2, 0.25) is 0 Å². The van der Waals surface area contributed by atoms with Crippen molar-refractivity contribution in [3.05, 3.63) is 60.1 Å². The van der Waals surface area contributed by atoms with Crippen molar-refractivity contribution in [3.8, 4) is 11.3 Å². The molecule has 0 spiro atoms. The first-order valence-electron chi connectivity index (χ1n) is 5.52. The number of anilines is 2. The molecule has 1 aromatic carbocycles. The molecule has 0 fully saturated rings. The highest BCUT2D eigenvalue weighted by Gasteiger charge is 2.04. The van der Waals surface area contributed by atoms with Crippen molar-refractivity contribution in [1.29, 1.82) is 0 Å². The molecule has 0 aliphatic carbocycles. The SMILES string of the molecule is [c]1ccc(Nc2nc(-c3ccccc3)cs2)nc1. The smallest absolute Gasteiger partial charge is 0.188 e. The predicted molar refractivity (Wildman–Crippen MR) is 73.9 cm³/mol. The average Bonchev–Trinajstić information content (AvgIpc) is 2.89. The van der Waals surface area contributed by atoms with Gasteiger partial charge in [-0.1, -0.05) is 30.3 Å². The maximum absolute atomic E-state index is 4.53. The van der Waals surface area contributed by atoms with E-state index in [4.69, 9.17) is 0 Å². The number of hydrogen-bond donors (Lipinski definition) is 1. The summed E-state index contributed by atoms with van der Waals surface area (Å²) in [6.45, 7) is 0. The van der Waals surface area contributed by atoms with Gasteiger partial charge in [-0.2, -0.15) is 0 Å². The standard InChI is InChI=1S/C14H10N3S/c1-2-6-11(7-3-1)12-10-18-14(16-12)17-13-8-4-5-9-15-13/h1-4,6-10H,(H,15,16,17). The van der Waals surface area contributed by atoms with Crippen LogP contribution in [0.25, 0.3) is 11.3 Å². The molecular formula is C14H10N3S. The molecule has 1 radical (unpaired) electrons. The van der Waals surface area contributed by atoms with Gasteiger partial charge in [0.25, 0.3) is 0 Å². The first-order chi connectivity index (χ1) is 8.92. The number of nitrogens with one attached hydrogen (secondary N) is 1. The average molecular weight is 252 g/mol. The van der Waals surface area contributed by atoms with Crippen LogP contribution in [0, 0.1) is 6.07 Å². The molecule has 0 aliphatic heterocycles. The number of aromatic nitrogens is 2. The van der Waals surface area contributed by atoms with Crippen molar-refractivity contribution in [2.45, 2.75) is 0 Å². The van der Waals surface area contributed by atoms with Crippen molar-refractivity contribution in [2.24, 2.45) is 0 Å². The lowest BCUT2D eigenvalue weighted by Gasteiger charge is -1.99. The summed E-state index contributed by atoms with van der Waals surface area (Å²) in [5.74, 6) is 0.780. The molecule has 0 saturated carbocycles. The Labute approximate surface area is 109 Å². The Morgan fingerprint density at radius 2 is 2.00 bits per heavy atom. The van der Waals surface area contributed by atoms with Gasteiger partial charge in [-0.05, 0) is 12.1 Å². The molecule has 0 aliphatic rings. The molecule has 0 atom stereocenters. The van der Waals surface area contributed by atoms with Crippen LogP contribution in [0.3, 0.4) is 0 Å². The molecular weight excluding hydrogens is 242 g/mol. The van der Waals surface area contributed by atoms with Crippen molar-refractivity contribution in [3.63, 3.8) is 0 Å². The monoisotopic (exact) mass is 252 g/mol. The first kappa shape index (κ1) is 10.9. The number of nitrogens with zero attached hydrogens (tertiary/aromatic N) is 2. The molecule has 0 saturated heterocycles. The number of hydrogen-bond acceptors (Lipinski definition) is 4. The van der Waals surface area contributed by atoms with E-state index >= 15 is 0 Å². The molecule has 2 heterocycles. The second-order valence-electron chi connectivity index (χ2n) is 3.67. The molecule has 1 N–H and O–H groups in total. The Morgan fingerprint density at radius 3 is 2.78 bits per heavy atom. The number of rotatable bonds is 3. The second-order valence-corrected chi connectivity index (χ2v) is 4.53. The lowest BCUT2D eigenvalue weighted by atomic mass is 10.2. The largest absolute Gasteiger partial charge is 0.316 e. The summed E-state index contributed by atoms with van der Waals surface area (Å²) in [5.41, 5.74) is 2.10. The highest BCUT2D eigenvalue weighted by atomic mass is 32.1. The predicted octanol–water partition coefficient (Wildman–Crippen LogP) is 3.75. The van der Waals surface area contributed by atoms with E-state index in [0.717, 1.165) is 22.2 Å². The fourth-order valence-corrected chi connectivity index (χ4v) is 2.30. The van der Waals surface area contributed by atoms with Gasteiger partial charge < -0.3 is 5.32 Å². The Bertz CT molecular complexity index is 620. The van der Waals surface area contributed by atoms with Crippen LogP contribution in [-0.2, 0) is 0 Å². The van der Waals surface area contributed by atoms with Gasteiger partial charge in [0, 0.05) is 23.2 Å². The molecule has 0 bridgehead atoms. The third kappa shape index (κ3) is 2.38. The zero-order valence-corrected chi connectivity index (χ0v) is 10.3. The van der Waals surface area contributed by atoms with E-state index in [1.54, 1.807) is 17.5 Å². The van der Waals surface area contributed by atoms with Crippen molar-refractivity contribution >= 4 is 22.3 Å². The number of benzene rings is 1. The van der Waals surface area contributed by atoms with Gasteiger partial charge in [-0.15, -0.1) is 11.3 Å². The maximum atomic E-state index is 4.53. The van der Waals surface area contributed by atoms with E-state index in [2.05, 4.69) is 33.5 Å². The van der Waals surface area contributed by atoms with E-state index in [0.29, 0.717) is 0 Å². The minimum atomic E-state index is 0.780. The van der Waals surface area contributed by atoms with Gasteiger partial charge in [-0.3, -0.25) is 0 Å². The summed E-state index contributed by atoms with van der Waals surface area (Å²) in [4.78, 5) is 8.69. The van der Waals surface area contributed by atoms with E-state index in [1.807, 2.05) is 35.7 Å². The molecule has 3 nitrogen and oxygen atoms in total. The Balaban J connectivity index is 1.82. The summed E-state index contributed by atoms with van der Waals surface area (Å²) < 4.78 is 0. The van der Waals surface area contributed by atoms with Crippen molar-refractivity contribution < 1.29 is 0 Å². The minimum absolute atomic E-state index is 0.780. The third-order valence-electron chi connectivity index (χ3n) is 2.42. The fraction of sp³-hybridized carbons (Fsp3) is 0. The zero-order valence-electron chi connectivity index (χ0n) is 9.50. The van der Waals surface area contributed by atoms with Crippen LogP contribution < -0.4 is 5.32 Å². The van der Waals surface area contributed by atoms with Crippen LogP contribution in [0.4, 0.5) is 10.9 Å². The van der Waals surface area contributed by atoms with E-state index < -0.39 is 0 Å². The summed E-state index contributed by atoms with van der Waals surface area (Å²) in [6, 6.07) is 16.7. The van der Waals surface area contributed by atoms with Crippen molar-refractivity contribution in [2.75, 3.05) is 5.32 Å². The normalized spacial score (nSPS) is 10.2. The van der Waals surface area contributed by atoms with Crippen LogP contribution in [0.5, 0.6) is 0 Å². The highest BCUT2D eigenvalue weighted by Crippen LogP contribution is 2.26. The second kappa shape index (κ2) is 4.98. The van der Waals surface area contributed by atoms with E-state index in [-0.39, 0.29) is 0 Å². The molecule has 3 aromatic rings. The number of thiazole rings is 1. The topological polar surface area (TPSA) is 37.8 Å². The van der Waals surface area contributed by atoms with Crippen LogP contribution in [-0.4, -0.2) is 9.97 Å². The number of pyridine rings is 1. The molecule has 2 aromatic heterocycles. The maximum Gasteiger partial charge on any atom is 0.188 e. The molecule has 4 heteroatoms. The fourth-order valence-electron chi connectivity index (χ4n) is 1.58. The summed E-state index contributed by atoms with van der Waals surface area (Å²) >= 11 is 1.57. The summed E-state index contributed by atoms with van der Waals surface area (Å²) in [7, 11) is 0. The Morgan fingerprint density at radius 1 is 1.11 bits per heavy atom. The molecule has 18 heavy (non-hydrogen) atoms. The van der Waals surface area contributed by atoms with E-state index in [9.17, 15) is 0 Å². The van der Waals surface area contributed by atoms with Gasteiger partial charge in [0.1, 0.15) is 5.82 Å². The Kier molecular flexibility index (Phi) is 3.02. The molecule has 3 rings (SSSR count). The lowest BCUT2D eigenvalue weighted by molar-refractivity contribution is 1.28. The van der Waals surface area contributed by atoms with Gasteiger partial charge >= 0.3 is 0 Å². The lowest BCUT2D eigenvalue weighted by Crippen LogP contribution is -1.91. The van der Waals surface area contributed by atoms with E-state index in [1.165, 1.54) is 0 Å². The minimum Gasteiger partial charge on any atom is -0.316 e. The van der Waals surface area contributed by atoms with Gasteiger partial charge in [0.05, 0.1) is 5.69 Å². The highest BCUT2D eigenvalue weighted by molar-refractivity contribution is 7.14. The summed E-state index contributed by atoms with van der Waals surface area (Å²) in [6.07, 6.45) is 1.63. The first-order valence-corrected chi connectivity index (χ1v) is 6.40.